The molecule has 0 bridgehead atoms. The Kier molecular flexibility index (Phi) is 3.11. The van der Waals surface area contributed by atoms with Crippen LogP contribution in [0.4, 0.5) is 8.78 Å². The molecule has 2 aromatic carbocycles. The summed E-state index contributed by atoms with van der Waals surface area (Å²) < 4.78 is 29.2. The van der Waals surface area contributed by atoms with Crippen molar-refractivity contribution in [2.24, 2.45) is 0 Å². The van der Waals surface area contributed by atoms with Crippen molar-refractivity contribution in [3.63, 3.8) is 0 Å². The van der Waals surface area contributed by atoms with Crippen LogP contribution >= 0.6 is 23.8 Å². The van der Waals surface area contributed by atoms with E-state index >= 15 is 0 Å². The first-order valence-electron chi connectivity index (χ1n) is 5.84. The zero-order valence-electron chi connectivity index (χ0n) is 10.4. The first kappa shape index (κ1) is 13.3. The van der Waals surface area contributed by atoms with Gasteiger partial charge in [-0.3, -0.25) is 4.57 Å². The second kappa shape index (κ2) is 4.68. The molecule has 3 rings (SSSR count). The van der Waals surface area contributed by atoms with E-state index in [4.69, 9.17) is 23.8 Å². The molecule has 1 N–H and O–H groups in total. The van der Waals surface area contributed by atoms with Gasteiger partial charge in [-0.05, 0) is 49.0 Å². The van der Waals surface area contributed by atoms with E-state index in [1.54, 1.807) is 12.1 Å². The molecule has 0 aliphatic heterocycles. The number of aryl methyl sites for hydroxylation is 1. The number of aromatic nitrogens is 2. The normalized spacial score (nSPS) is 11.2. The molecule has 0 amide bonds. The number of hydrogen-bond donors (Lipinski definition) is 1. The van der Waals surface area contributed by atoms with Crippen molar-refractivity contribution in [2.75, 3.05) is 0 Å². The molecule has 6 heteroatoms. The van der Waals surface area contributed by atoms with Crippen molar-refractivity contribution < 1.29 is 8.78 Å². The van der Waals surface area contributed by atoms with Gasteiger partial charge in [0, 0.05) is 0 Å². The Morgan fingerprint density at radius 3 is 2.65 bits per heavy atom. The molecule has 102 valence electrons. The van der Waals surface area contributed by atoms with Crippen LogP contribution in [0.1, 0.15) is 5.56 Å². The van der Waals surface area contributed by atoms with Crippen molar-refractivity contribution >= 4 is 34.9 Å². The predicted octanol–water partition coefficient (Wildman–Crippen LogP) is 4.93. The molecule has 3 aromatic rings. The Morgan fingerprint density at radius 1 is 1.20 bits per heavy atom. The van der Waals surface area contributed by atoms with Gasteiger partial charge >= 0.3 is 0 Å². The van der Waals surface area contributed by atoms with Crippen LogP contribution in [0.15, 0.2) is 30.3 Å². The van der Waals surface area contributed by atoms with Crippen molar-refractivity contribution in [3.8, 4) is 5.69 Å². The molecule has 0 atom stereocenters. The fourth-order valence-corrected chi connectivity index (χ4v) is 2.77. The third kappa shape index (κ3) is 1.94. The molecule has 0 aliphatic rings. The van der Waals surface area contributed by atoms with Crippen LogP contribution in [0.25, 0.3) is 16.7 Å². The maximum Gasteiger partial charge on any atom is 0.184 e. The van der Waals surface area contributed by atoms with Crippen LogP contribution in [0, 0.1) is 23.3 Å². The highest BCUT2D eigenvalue weighted by atomic mass is 35.5. The first-order valence-corrected chi connectivity index (χ1v) is 6.63. The molecule has 0 radical (unpaired) electrons. The highest BCUT2D eigenvalue weighted by molar-refractivity contribution is 7.71. The van der Waals surface area contributed by atoms with Crippen LogP contribution in [0.2, 0.25) is 5.02 Å². The summed E-state index contributed by atoms with van der Waals surface area (Å²) in [6.07, 6.45) is 0. The zero-order valence-corrected chi connectivity index (χ0v) is 11.9. The average molecular weight is 311 g/mol. The molecular formula is C14H9ClF2N2S. The van der Waals surface area contributed by atoms with Gasteiger partial charge in [0.2, 0.25) is 0 Å². The largest absolute Gasteiger partial charge is 0.330 e. The molecule has 0 unspecified atom stereocenters. The van der Waals surface area contributed by atoms with Gasteiger partial charge < -0.3 is 4.98 Å². The summed E-state index contributed by atoms with van der Waals surface area (Å²) in [5.74, 6) is -1.88. The van der Waals surface area contributed by atoms with Crippen molar-refractivity contribution in [3.05, 3.63) is 57.3 Å². The Balaban J connectivity index is 2.44. The van der Waals surface area contributed by atoms with Gasteiger partial charge in [-0.2, -0.15) is 0 Å². The molecule has 0 fully saturated rings. The minimum atomic E-state index is -0.952. The number of nitrogens with zero attached hydrogens (tertiary/aromatic N) is 1. The summed E-state index contributed by atoms with van der Waals surface area (Å²) >= 11 is 11.4. The van der Waals surface area contributed by atoms with E-state index in [1.165, 1.54) is 10.6 Å². The quantitative estimate of drug-likeness (QED) is 0.632. The Bertz CT molecular complexity index is 883. The molecular weight excluding hydrogens is 302 g/mol. The summed E-state index contributed by atoms with van der Waals surface area (Å²) in [4.78, 5) is 2.85. The van der Waals surface area contributed by atoms with Gasteiger partial charge in [0.1, 0.15) is 5.52 Å². The number of hydrogen-bond acceptors (Lipinski definition) is 1. The van der Waals surface area contributed by atoms with Crippen LogP contribution in [-0.4, -0.2) is 9.55 Å². The summed E-state index contributed by atoms with van der Waals surface area (Å²) in [5.41, 5.74) is 1.96. The molecule has 1 aromatic heterocycles. The summed E-state index contributed by atoms with van der Waals surface area (Å²) in [6.45, 7) is 1.89. The lowest BCUT2D eigenvalue weighted by molar-refractivity contribution is 0.514. The zero-order chi connectivity index (χ0) is 14.4. The number of halogens is 3. The van der Waals surface area contributed by atoms with Gasteiger partial charge in [-0.25, -0.2) is 8.78 Å². The van der Waals surface area contributed by atoms with Crippen LogP contribution in [0.5, 0.6) is 0 Å². The number of benzene rings is 2. The third-order valence-corrected chi connectivity index (χ3v) is 3.67. The summed E-state index contributed by atoms with van der Waals surface area (Å²) in [6, 6.07) is 7.81. The Labute approximate surface area is 123 Å². The number of aromatic amines is 1. The van der Waals surface area contributed by atoms with E-state index in [1.807, 2.05) is 13.0 Å². The Hall–Kier alpha value is -1.72. The number of rotatable bonds is 1. The van der Waals surface area contributed by atoms with E-state index in [-0.39, 0.29) is 10.3 Å². The fourth-order valence-electron chi connectivity index (χ4n) is 2.16. The van der Waals surface area contributed by atoms with Crippen molar-refractivity contribution in [1.29, 1.82) is 0 Å². The summed E-state index contributed by atoms with van der Waals surface area (Å²) in [7, 11) is 0. The number of imidazole rings is 1. The SMILES string of the molecule is Cc1ccc(-n2c(=S)[nH]c3ccc(F)c(F)c32)c(Cl)c1. The molecule has 0 aliphatic carbocycles. The highest BCUT2D eigenvalue weighted by Gasteiger charge is 2.16. The minimum Gasteiger partial charge on any atom is -0.330 e. The maximum absolute atomic E-state index is 14.1. The second-order valence-corrected chi connectivity index (χ2v) is 5.27. The lowest BCUT2D eigenvalue weighted by atomic mass is 10.2. The lowest BCUT2D eigenvalue weighted by Gasteiger charge is -2.08. The van der Waals surface area contributed by atoms with Crippen molar-refractivity contribution in [2.45, 2.75) is 6.92 Å². The highest BCUT2D eigenvalue weighted by Crippen LogP contribution is 2.28. The van der Waals surface area contributed by atoms with E-state index in [0.29, 0.717) is 16.2 Å². The fraction of sp³-hybridized carbons (Fsp3) is 0.0714. The van der Waals surface area contributed by atoms with E-state index in [9.17, 15) is 8.78 Å². The molecule has 20 heavy (non-hydrogen) atoms. The smallest absolute Gasteiger partial charge is 0.184 e. The van der Waals surface area contributed by atoms with Crippen LogP contribution in [-0.2, 0) is 0 Å². The van der Waals surface area contributed by atoms with Gasteiger partial charge in [-0.15, -0.1) is 0 Å². The monoisotopic (exact) mass is 310 g/mol. The lowest BCUT2D eigenvalue weighted by Crippen LogP contribution is -1.98. The molecule has 0 spiro atoms. The third-order valence-electron chi connectivity index (χ3n) is 3.08. The second-order valence-electron chi connectivity index (χ2n) is 4.48. The van der Waals surface area contributed by atoms with Crippen LogP contribution in [0.3, 0.4) is 0 Å². The van der Waals surface area contributed by atoms with Gasteiger partial charge in [0.15, 0.2) is 16.4 Å². The Morgan fingerprint density at radius 2 is 1.95 bits per heavy atom. The molecule has 2 nitrogen and oxygen atoms in total. The van der Waals surface area contributed by atoms with Crippen LogP contribution < -0.4 is 0 Å². The average Bonchev–Trinajstić information content (AvgIpc) is 2.72. The van der Waals surface area contributed by atoms with E-state index in [2.05, 4.69) is 4.98 Å². The van der Waals surface area contributed by atoms with E-state index in [0.717, 1.165) is 11.6 Å². The number of fused-ring (bicyclic) bond motifs is 1. The molecule has 1 heterocycles. The van der Waals surface area contributed by atoms with Gasteiger partial charge in [-0.1, -0.05) is 17.7 Å². The standard InChI is InChI=1S/C14H9ClF2N2S/c1-7-2-5-11(8(15)6-7)19-13-10(18-14(19)20)4-3-9(16)12(13)17/h2-6H,1H3,(H,18,20). The maximum atomic E-state index is 14.1. The predicted molar refractivity (Wildman–Crippen MR) is 78.1 cm³/mol. The van der Waals surface area contributed by atoms with E-state index < -0.39 is 11.6 Å². The molecule has 0 saturated carbocycles. The molecule has 0 saturated heterocycles. The summed E-state index contributed by atoms with van der Waals surface area (Å²) in [5, 5.41) is 0.422. The van der Waals surface area contributed by atoms with Crippen molar-refractivity contribution in [1.82, 2.24) is 9.55 Å². The van der Waals surface area contributed by atoms with Gasteiger partial charge in [0.05, 0.1) is 16.2 Å². The topological polar surface area (TPSA) is 20.7 Å². The minimum absolute atomic E-state index is 0.0563. The number of nitrogens with one attached hydrogen (secondary N) is 1. The van der Waals surface area contributed by atoms with Gasteiger partial charge in [0.25, 0.3) is 0 Å². The number of H-pyrrole nitrogens is 1. The first-order chi connectivity index (χ1) is 9.49.